The number of ether oxygens (including phenoxy) is 1. The highest BCUT2D eigenvalue weighted by Gasteiger charge is 2.46. The molecule has 0 bridgehead atoms. The van der Waals surface area contributed by atoms with Gasteiger partial charge >= 0.3 is 5.97 Å². The van der Waals surface area contributed by atoms with E-state index >= 15 is 0 Å². The van der Waals surface area contributed by atoms with E-state index in [9.17, 15) is 4.79 Å². The van der Waals surface area contributed by atoms with Gasteiger partial charge in [0.15, 0.2) is 0 Å². The molecular weight excluding hydrogens is 252 g/mol. The number of nitrogens with two attached hydrogens (primary N) is 1. The van der Waals surface area contributed by atoms with Gasteiger partial charge in [-0.3, -0.25) is 4.79 Å². The van der Waals surface area contributed by atoms with Gasteiger partial charge < -0.3 is 15.4 Å². The third-order valence-corrected chi connectivity index (χ3v) is 5.21. The van der Waals surface area contributed by atoms with Crippen LogP contribution in [0.3, 0.4) is 0 Å². The molecule has 4 heteroatoms. The molecule has 4 atom stereocenters. The molecule has 0 aromatic carbocycles. The van der Waals surface area contributed by atoms with Crippen molar-refractivity contribution < 1.29 is 9.53 Å². The lowest BCUT2D eigenvalue weighted by atomic mass is 9.85. The molecule has 0 heterocycles. The van der Waals surface area contributed by atoms with E-state index in [1.54, 1.807) is 0 Å². The average Bonchev–Trinajstić information content (AvgIpc) is 2.94. The van der Waals surface area contributed by atoms with Crippen molar-refractivity contribution in [2.45, 2.75) is 51.5 Å². The van der Waals surface area contributed by atoms with Crippen LogP contribution in [0.5, 0.6) is 0 Å². The summed E-state index contributed by atoms with van der Waals surface area (Å²) in [5.41, 5.74) is 5.63. The van der Waals surface area contributed by atoms with E-state index in [1.807, 2.05) is 6.92 Å². The SMILES string of the molecule is CCOC(=O)C1(N)CCCC1CCN(C)CC1CC1C. The highest BCUT2D eigenvalue weighted by Crippen LogP contribution is 2.39. The molecule has 0 amide bonds. The summed E-state index contributed by atoms with van der Waals surface area (Å²) in [5.74, 6) is 1.87. The first-order valence-corrected chi connectivity index (χ1v) is 8.12. The lowest BCUT2D eigenvalue weighted by Gasteiger charge is -2.30. The minimum absolute atomic E-state index is 0.194. The molecule has 0 aliphatic heterocycles. The van der Waals surface area contributed by atoms with E-state index in [0.717, 1.165) is 44.1 Å². The molecule has 20 heavy (non-hydrogen) atoms. The second-order valence-electron chi connectivity index (χ2n) is 6.87. The Hall–Kier alpha value is -0.610. The number of nitrogens with zero attached hydrogens (tertiary/aromatic N) is 1. The maximum Gasteiger partial charge on any atom is 0.326 e. The predicted octanol–water partition coefficient (Wildman–Crippen LogP) is 2.02. The Morgan fingerprint density at radius 1 is 1.50 bits per heavy atom. The third kappa shape index (κ3) is 3.53. The summed E-state index contributed by atoms with van der Waals surface area (Å²) in [7, 11) is 2.18. The van der Waals surface area contributed by atoms with Gasteiger partial charge in [-0.1, -0.05) is 13.3 Å². The molecule has 2 N–H and O–H groups in total. The smallest absolute Gasteiger partial charge is 0.326 e. The molecule has 116 valence electrons. The number of hydrogen-bond acceptors (Lipinski definition) is 4. The van der Waals surface area contributed by atoms with Crippen molar-refractivity contribution in [2.75, 3.05) is 26.7 Å². The van der Waals surface area contributed by atoms with Gasteiger partial charge in [-0.05, 0) is 64.0 Å². The molecule has 4 unspecified atom stereocenters. The second-order valence-corrected chi connectivity index (χ2v) is 6.87. The van der Waals surface area contributed by atoms with Crippen molar-refractivity contribution in [3.05, 3.63) is 0 Å². The van der Waals surface area contributed by atoms with Crippen molar-refractivity contribution in [2.24, 2.45) is 23.5 Å². The zero-order chi connectivity index (χ0) is 14.8. The van der Waals surface area contributed by atoms with Gasteiger partial charge in [-0.2, -0.15) is 0 Å². The Kier molecular flexibility index (Phi) is 5.08. The molecule has 0 spiro atoms. The lowest BCUT2D eigenvalue weighted by molar-refractivity contribution is -0.151. The highest BCUT2D eigenvalue weighted by atomic mass is 16.5. The van der Waals surface area contributed by atoms with Crippen LogP contribution in [0.25, 0.3) is 0 Å². The van der Waals surface area contributed by atoms with Crippen molar-refractivity contribution in [1.29, 1.82) is 0 Å². The number of carbonyl (C=O) groups is 1. The van der Waals surface area contributed by atoms with E-state index in [4.69, 9.17) is 10.5 Å². The lowest BCUT2D eigenvalue weighted by Crippen LogP contribution is -2.52. The zero-order valence-electron chi connectivity index (χ0n) is 13.2. The summed E-state index contributed by atoms with van der Waals surface area (Å²) < 4.78 is 5.18. The Bertz CT molecular complexity index is 347. The summed E-state index contributed by atoms with van der Waals surface area (Å²) in [4.78, 5) is 14.5. The summed E-state index contributed by atoms with van der Waals surface area (Å²) in [6.07, 6.45) is 5.26. The molecule has 2 fully saturated rings. The molecule has 2 rings (SSSR count). The maximum absolute atomic E-state index is 12.1. The van der Waals surface area contributed by atoms with Gasteiger partial charge in [0, 0.05) is 6.54 Å². The Balaban J connectivity index is 1.80. The van der Waals surface area contributed by atoms with E-state index in [2.05, 4.69) is 18.9 Å². The van der Waals surface area contributed by atoms with Crippen LogP contribution in [0.15, 0.2) is 0 Å². The summed E-state index contributed by atoms with van der Waals surface area (Å²) in [6.45, 7) is 6.80. The van der Waals surface area contributed by atoms with Crippen molar-refractivity contribution >= 4 is 5.97 Å². The minimum atomic E-state index is -0.732. The van der Waals surface area contributed by atoms with Gasteiger partial charge in [0.25, 0.3) is 0 Å². The summed E-state index contributed by atoms with van der Waals surface area (Å²) >= 11 is 0. The third-order valence-electron chi connectivity index (χ3n) is 5.21. The van der Waals surface area contributed by atoms with Crippen LogP contribution in [0.2, 0.25) is 0 Å². The molecule has 2 saturated carbocycles. The van der Waals surface area contributed by atoms with Crippen LogP contribution in [0.1, 0.15) is 46.0 Å². The van der Waals surface area contributed by atoms with Gasteiger partial charge in [0.2, 0.25) is 0 Å². The largest absolute Gasteiger partial charge is 0.465 e. The van der Waals surface area contributed by atoms with Gasteiger partial charge in [-0.15, -0.1) is 0 Å². The standard InChI is InChI=1S/C16H30N2O2/c1-4-20-15(19)16(17)8-5-6-14(16)7-9-18(3)11-13-10-12(13)2/h12-14H,4-11,17H2,1-3H3. The Morgan fingerprint density at radius 2 is 2.20 bits per heavy atom. The van der Waals surface area contributed by atoms with Crippen LogP contribution < -0.4 is 5.73 Å². The van der Waals surface area contributed by atoms with E-state index in [1.165, 1.54) is 13.0 Å². The van der Waals surface area contributed by atoms with Gasteiger partial charge in [-0.25, -0.2) is 0 Å². The molecule has 2 aliphatic rings. The van der Waals surface area contributed by atoms with Crippen molar-refractivity contribution in [3.8, 4) is 0 Å². The van der Waals surface area contributed by atoms with Crippen LogP contribution >= 0.6 is 0 Å². The van der Waals surface area contributed by atoms with Gasteiger partial charge in [0.05, 0.1) is 6.61 Å². The van der Waals surface area contributed by atoms with Crippen LogP contribution in [0.4, 0.5) is 0 Å². The number of rotatable bonds is 7. The fourth-order valence-electron chi connectivity index (χ4n) is 3.56. The summed E-state index contributed by atoms with van der Waals surface area (Å²) in [5, 5.41) is 0. The number of hydrogen-bond donors (Lipinski definition) is 1. The topological polar surface area (TPSA) is 55.6 Å². The van der Waals surface area contributed by atoms with Crippen LogP contribution in [-0.2, 0) is 9.53 Å². The molecule has 0 aromatic rings. The fraction of sp³-hybridized carbons (Fsp3) is 0.938. The van der Waals surface area contributed by atoms with Crippen molar-refractivity contribution in [1.82, 2.24) is 4.90 Å². The minimum Gasteiger partial charge on any atom is -0.465 e. The molecule has 0 radical (unpaired) electrons. The first kappa shape index (κ1) is 15.8. The molecule has 0 saturated heterocycles. The number of carbonyl (C=O) groups excluding carboxylic acids is 1. The van der Waals surface area contributed by atoms with Crippen LogP contribution in [-0.4, -0.2) is 43.2 Å². The monoisotopic (exact) mass is 282 g/mol. The first-order chi connectivity index (χ1) is 9.47. The van der Waals surface area contributed by atoms with E-state index in [-0.39, 0.29) is 11.9 Å². The Morgan fingerprint density at radius 3 is 2.80 bits per heavy atom. The molecule has 2 aliphatic carbocycles. The van der Waals surface area contributed by atoms with Crippen molar-refractivity contribution in [3.63, 3.8) is 0 Å². The van der Waals surface area contributed by atoms with Gasteiger partial charge in [0.1, 0.15) is 5.54 Å². The summed E-state index contributed by atoms with van der Waals surface area (Å²) in [6, 6.07) is 0. The number of esters is 1. The molecular formula is C16H30N2O2. The van der Waals surface area contributed by atoms with E-state index in [0.29, 0.717) is 6.61 Å². The second kappa shape index (κ2) is 6.44. The molecule has 4 nitrogen and oxygen atoms in total. The average molecular weight is 282 g/mol. The first-order valence-electron chi connectivity index (χ1n) is 8.12. The van der Waals surface area contributed by atoms with Crippen LogP contribution in [0, 0.1) is 17.8 Å². The fourth-order valence-corrected chi connectivity index (χ4v) is 3.56. The Labute approximate surface area is 123 Å². The highest BCUT2D eigenvalue weighted by molar-refractivity contribution is 5.81. The van der Waals surface area contributed by atoms with E-state index < -0.39 is 5.54 Å². The quantitative estimate of drug-likeness (QED) is 0.726. The predicted molar refractivity (Wildman–Crippen MR) is 80.3 cm³/mol. The zero-order valence-corrected chi connectivity index (χ0v) is 13.2. The molecule has 0 aromatic heterocycles. The maximum atomic E-state index is 12.1. The normalized spacial score (nSPS) is 36.4.